The highest BCUT2D eigenvalue weighted by molar-refractivity contribution is 5.80. The molecule has 3 nitrogen and oxygen atoms in total. The van der Waals surface area contributed by atoms with Gasteiger partial charge in [0, 0.05) is 10.9 Å². The van der Waals surface area contributed by atoms with Gasteiger partial charge < -0.3 is 4.98 Å². The SMILES string of the molecule is N#Cc1cc2cc(C(F)(F)F)ccc2[nH]c1=O. The second-order valence-corrected chi connectivity index (χ2v) is 3.42. The van der Waals surface area contributed by atoms with Crippen LogP contribution in [0.15, 0.2) is 29.1 Å². The minimum atomic E-state index is -4.45. The smallest absolute Gasteiger partial charge is 0.321 e. The molecule has 0 aliphatic carbocycles. The summed E-state index contributed by atoms with van der Waals surface area (Å²) in [6.07, 6.45) is -4.45. The van der Waals surface area contributed by atoms with Crippen LogP contribution in [0.4, 0.5) is 13.2 Å². The normalized spacial score (nSPS) is 11.4. The number of hydrogen-bond donors (Lipinski definition) is 1. The zero-order chi connectivity index (χ0) is 12.6. The predicted molar refractivity (Wildman–Crippen MR) is 54.3 cm³/mol. The van der Waals surface area contributed by atoms with Crippen LogP contribution >= 0.6 is 0 Å². The number of hydrogen-bond acceptors (Lipinski definition) is 2. The first-order valence-corrected chi connectivity index (χ1v) is 4.56. The van der Waals surface area contributed by atoms with Crippen LogP contribution in [0.2, 0.25) is 0 Å². The maximum atomic E-state index is 12.4. The number of aromatic nitrogens is 1. The highest BCUT2D eigenvalue weighted by Crippen LogP contribution is 2.30. The van der Waals surface area contributed by atoms with E-state index in [4.69, 9.17) is 5.26 Å². The molecule has 0 unspecified atom stereocenters. The number of nitrogens with zero attached hydrogens (tertiary/aromatic N) is 1. The minimum absolute atomic E-state index is 0.177. The Balaban J connectivity index is 2.74. The number of alkyl halides is 3. The van der Waals surface area contributed by atoms with Crippen LogP contribution in [0.1, 0.15) is 11.1 Å². The Kier molecular flexibility index (Phi) is 2.39. The zero-order valence-electron chi connectivity index (χ0n) is 8.30. The monoisotopic (exact) mass is 238 g/mol. The average molecular weight is 238 g/mol. The molecule has 0 aliphatic heterocycles. The number of H-pyrrole nitrogens is 1. The van der Waals surface area contributed by atoms with Crippen molar-refractivity contribution < 1.29 is 13.2 Å². The van der Waals surface area contributed by atoms with Gasteiger partial charge in [-0.25, -0.2) is 0 Å². The molecular weight excluding hydrogens is 233 g/mol. The third-order valence-electron chi connectivity index (χ3n) is 2.29. The Labute approximate surface area is 93.1 Å². The lowest BCUT2D eigenvalue weighted by Crippen LogP contribution is -2.10. The van der Waals surface area contributed by atoms with Crippen LogP contribution < -0.4 is 5.56 Å². The van der Waals surface area contributed by atoms with Crippen molar-refractivity contribution in [1.82, 2.24) is 4.98 Å². The van der Waals surface area contributed by atoms with Crippen molar-refractivity contribution >= 4 is 10.9 Å². The Morgan fingerprint density at radius 3 is 2.53 bits per heavy atom. The third-order valence-corrected chi connectivity index (χ3v) is 2.29. The van der Waals surface area contributed by atoms with Crippen molar-refractivity contribution in [2.45, 2.75) is 6.18 Å². The average Bonchev–Trinajstić information content (AvgIpc) is 2.26. The number of aromatic amines is 1. The summed E-state index contributed by atoms with van der Waals surface area (Å²) in [6.45, 7) is 0. The zero-order valence-corrected chi connectivity index (χ0v) is 8.30. The number of nitrogens with one attached hydrogen (secondary N) is 1. The predicted octanol–water partition coefficient (Wildman–Crippen LogP) is 2.42. The van der Waals surface area contributed by atoms with Gasteiger partial charge in [0.05, 0.1) is 5.56 Å². The van der Waals surface area contributed by atoms with E-state index in [0.29, 0.717) is 0 Å². The van der Waals surface area contributed by atoms with E-state index in [0.717, 1.165) is 18.2 Å². The van der Waals surface area contributed by atoms with Gasteiger partial charge in [0.25, 0.3) is 5.56 Å². The number of fused-ring (bicyclic) bond motifs is 1. The molecule has 0 saturated carbocycles. The molecule has 17 heavy (non-hydrogen) atoms. The van der Waals surface area contributed by atoms with Crippen LogP contribution in [-0.2, 0) is 6.18 Å². The summed E-state index contributed by atoms with van der Waals surface area (Å²) in [5.41, 5.74) is -1.38. The van der Waals surface area contributed by atoms with E-state index in [1.54, 1.807) is 6.07 Å². The minimum Gasteiger partial charge on any atom is -0.321 e. The van der Waals surface area contributed by atoms with Gasteiger partial charge in [-0.1, -0.05) is 0 Å². The number of halogens is 3. The first-order chi connectivity index (χ1) is 7.91. The van der Waals surface area contributed by atoms with Crippen molar-refractivity contribution in [3.05, 3.63) is 45.7 Å². The van der Waals surface area contributed by atoms with Crippen molar-refractivity contribution in [2.24, 2.45) is 0 Å². The van der Waals surface area contributed by atoms with Gasteiger partial charge >= 0.3 is 6.18 Å². The lowest BCUT2D eigenvalue weighted by atomic mass is 10.1. The van der Waals surface area contributed by atoms with E-state index in [1.165, 1.54) is 6.07 Å². The molecule has 0 atom stereocenters. The second kappa shape index (κ2) is 3.63. The topological polar surface area (TPSA) is 56.6 Å². The van der Waals surface area contributed by atoms with Crippen molar-refractivity contribution in [2.75, 3.05) is 0 Å². The van der Waals surface area contributed by atoms with Gasteiger partial charge in [-0.05, 0) is 24.3 Å². The highest BCUT2D eigenvalue weighted by atomic mass is 19.4. The van der Waals surface area contributed by atoms with E-state index in [1.807, 2.05) is 0 Å². The van der Waals surface area contributed by atoms with Gasteiger partial charge in [0.15, 0.2) is 0 Å². The molecule has 0 fully saturated rings. The molecule has 0 amide bonds. The molecule has 86 valence electrons. The number of benzene rings is 1. The molecule has 1 N–H and O–H groups in total. The van der Waals surface area contributed by atoms with Gasteiger partial charge in [0.2, 0.25) is 0 Å². The van der Waals surface area contributed by atoms with Crippen LogP contribution in [0.25, 0.3) is 10.9 Å². The maximum absolute atomic E-state index is 12.4. The van der Waals surface area contributed by atoms with E-state index >= 15 is 0 Å². The highest BCUT2D eigenvalue weighted by Gasteiger charge is 2.30. The molecule has 0 spiro atoms. The number of pyridine rings is 1. The largest absolute Gasteiger partial charge is 0.416 e. The third kappa shape index (κ3) is 1.99. The van der Waals surface area contributed by atoms with Crippen LogP contribution in [-0.4, -0.2) is 4.98 Å². The fraction of sp³-hybridized carbons (Fsp3) is 0.0909. The summed E-state index contributed by atoms with van der Waals surface area (Å²) in [6, 6.07) is 5.70. The van der Waals surface area contributed by atoms with E-state index in [9.17, 15) is 18.0 Å². The molecule has 2 aromatic rings. The summed E-state index contributed by atoms with van der Waals surface area (Å²) >= 11 is 0. The lowest BCUT2D eigenvalue weighted by Gasteiger charge is -2.07. The summed E-state index contributed by atoms with van der Waals surface area (Å²) in [4.78, 5) is 13.6. The fourth-order valence-corrected chi connectivity index (χ4v) is 1.47. The number of rotatable bonds is 0. The molecule has 6 heteroatoms. The Bertz CT molecular complexity index is 680. The number of nitriles is 1. The first kappa shape index (κ1) is 11.2. The molecule has 1 aromatic carbocycles. The quantitative estimate of drug-likeness (QED) is 0.766. The Hall–Kier alpha value is -2.29. The first-order valence-electron chi connectivity index (χ1n) is 4.56. The standard InChI is InChI=1S/C11H5F3N2O/c12-11(13,14)8-1-2-9-6(4-8)3-7(5-15)10(17)16-9/h1-4H,(H,16,17). The van der Waals surface area contributed by atoms with Gasteiger partial charge in [-0.3, -0.25) is 4.79 Å². The van der Waals surface area contributed by atoms with E-state index in [2.05, 4.69) is 4.98 Å². The fourth-order valence-electron chi connectivity index (χ4n) is 1.47. The maximum Gasteiger partial charge on any atom is 0.416 e. The molecule has 0 aliphatic rings. The van der Waals surface area contributed by atoms with Gasteiger partial charge in [-0.15, -0.1) is 0 Å². The molecule has 1 heterocycles. The molecule has 2 rings (SSSR count). The van der Waals surface area contributed by atoms with Crippen LogP contribution in [0, 0.1) is 11.3 Å². The lowest BCUT2D eigenvalue weighted by molar-refractivity contribution is -0.137. The molecule has 0 saturated heterocycles. The Morgan fingerprint density at radius 2 is 1.94 bits per heavy atom. The van der Waals surface area contributed by atoms with Crippen molar-refractivity contribution in [1.29, 1.82) is 5.26 Å². The molecule has 1 aromatic heterocycles. The van der Waals surface area contributed by atoms with E-state index < -0.39 is 17.3 Å². The van der Waals surface area contributed by atoms with Crippen LogP contribution in [0.3, 0.4) is 0 Å². The van der Waals surface area contributed by atoms with Crippen molar-refractivity contribution in [3.8, 4) is 6.07 Å². The second-order valence-electron chi connectivity index (χ2n) is 3.42. The van der Waals surface area contributed by atoms with Crippen LogP contribution in [0.5, 0.6) is 0 Å². The molecular formula is C11H5F3N2O. The van der Waals surface area contributed by atoms with Gasteiger partial charge in [0.1, 0.15) is 11.6 Å². The summed E-state index contributed by atoms with van der Waals surface area (Å²) < 4.78 is 37.3. The summed E-state index contributed by atoms with van der Waals surface area (Å²) in [5, 5.41) is 8.79. The van der Waals surface area contributed by atoms with E-state index in [-0.39, 0.29) is 16.5 Å². The summed E-state index contributed by atoms with van der Waals surface area (Å²) in [7, 11) is 0. The Morgan fingerprint density at radius 1 is 1.24 bits per heavy atom. The molecule has 0 radical (unpaired) electrons. The molecule has 0 bridgehead atoms. The summed E-state index contributed by atoms with van der Waals surface area (Å²) in [5.74, 6) is 0. The van der Waals surface area contributed by atoms with Gasteiger partial charge in [-0.2, -0.15) is 18.4 Å². The van der Waals surface area contributed by atoms with Crippen molar-refractivity contribution in [3.63, 3.8) is 0 Å².